The maximum absolute atomic E-state index is 6.27. The van der Waals surface area contributed by atoms with Gasteiger partial charge in [0.05, 0.1) is 12.7 Å². The van der Waals surface area contributed by atoms with Crippen molar-refractivity contribution in [2.45, 2.75) is 32.5 Å². The van der Waals surface area contributed by atoms with Crippen molar-refractivity contribution in [3.05, 3.63) is 83.9 Å². The normalized spacial score (nSPS) is 13.5. The van der Waals surface area contributed by atoms with Gasteiger partial charge in [-0.05, 0) is 35.5 Å². The fourth-order valence-electron chi connectivity index (χ4n) is 2.80. The van der Waals surface area contributed by atoms with Crippen LogP contribution in [0.25, 0.3) is 0 Å². The van der Waals surface area contributed by atoms with Crippen LogP contribution in [0.15, 0.2) is 72.8 Å². The third-order valence-electron chi connectivity index (χ3n) is 4.01. The molecule has 23 heavy (non-hydrogen) atoms. The molecule has 0 N–H and O–H groups in total. The predicted octanol–water partition coefficient (Wildman–Crippen LogP) is 5.83. The topological polar surface area (TPSA) is 9.23 Å². The van der Waals surface area contributed by atoms with E-state index in [2.05, 4.69) is 90.7 Å². The van der Waals surface area contributed by atoms with Crippen molar-refractivity contribution in [2.75, 3.05) is 4.43 Å². The van der Waals surface area contributed by atoms with Crippen molar-refractivity contribution >= 4 is 22.6 Å². The Kier molecular flexibility index (Phi) is 7.83. The average Bonchev–Trinajstić information content (AvgIpc) is 2.57. The van der Waals surface area contributed by atoms with Crippen molar-refractivity contribution in [3.63, 3.8) is 0 Å². The van der Waals surface area contributed by atoms with Gasteiger partial charge in [0.2, 0.25) is 0 Å². The third-order valence-corrected chi connectivity index (χ3v) is 4.55. The summed E-state index contributed by atoms with van der Waals surface area (Å²) in [5.74, 6) is 0.413. The van der Waals surface area contributed by atoms with E-state index in [1.807, 2.05) is 6.07 Å². The van der Waals surface area contributed by atoms with Gasteiger partial charge in [0.25, 0.3) is 0 Å². The number of rotatable bonds is 9. The largest absolute Gasteiger partial charge is 0.369 e. The summed E-state index contributed by atoms with van der Waals surface area (Å²) in [6.07, 6.45) is 2.13. The molecule has 2 rings (SSSR count). The highest BCUT2D eigenvalue weighted by Crippen LogP contribution is 2.24. The SMILES string of the molecule is C=C(CCI)[C@@H](OCc1ccccc1)[C@H](C)Cc1ccccc1. The second-order valence-corrected chi connectivity index (χ2v) is 7.06. The fourth-order valence-corrected chi connectivity index (χ4v) is 3.49. The van der Waals surface area contributed by atoms with Crippen LogP contribution in [-0.4, -0.2) is 10.5 Å². The van der Waals surface area contributed by atoms with Crippen LogP contribution < -0.4 is 0 Å². The Morgan fingerprint density at radius 3 is 2.13 bits per heavy atom. The summed E-state index contributed by atoms with van der Waals surface area (Å²) in [6, 6.07) is 21.0. The molecule has 0 aliphatic heterocycles. The Bertz CT molecular complexity index is 579. The Balaban J connectivity index is 2.02. The summed E-state index contributed by atoms with van der Waals surface area (Å²) >= 11 is 2.41. The summed E-state index contributed by atoms with van der Waals surface area (Å²) < 4.78 is 7.36. The first-order valence-electron chi connectivity index (χ1n) is 8.13. The lowest BCUT2D eigenvalue weighted by molar-refractivity contribution is 0.0289. The molecule has 0 unspecified atom stereocenters. The van der Waals surface area contributed by atoms with Gasteiger partial charge in [-0.15, -0.1) is 0 Å². The lowest BCUT2D eigenvalue weighted by atomic mass is 9.90. The maximum Gasteiger partial charge on any atom is 0.0815 e. The minimum Gasteiger partial charge on any atom is -0.369 e. The quantitative estimate of drug-likeness (QED) is 0.282. The summed E-state index contributed by atoms with van der Waals surface area (Å²) in [5, 5.41) is 0. The smallest absolute Gasteiger partial charge is 0.0815 e. The van der Waals surface area contributed by atoms with E-state index in [4.69, 9.17) is 4.74 Å². The van der Waals surface area contributed by atoms with Crippen LogP contribution in [0.1, 0.15) is 24.5 Å². The highest BCUT2D eigenvalue weighted by molar-refractivity contribution is 14.1. The maximum atomic E-state index is 6.27. The number of alkyl halides is 1. The summed E-state index contributed by atoms with van der Waals surface area (Å²) in [5.41, 5.74) is 3.78. The molecule has 0 aliphatic carbocycles. The molecular weight excluding hydrogens is 395 g/mol. The van der Waals surface area contributed by atoms with Gasteiger partial charge in [-0.3, -0.25) is 0 Å². The highest BCUT2D eigenvalue weighted by atomic mass is 127. The molecule has 2 aromatic carbocycles. The summed E-state index contributed by atoms with van der Waals surface area (Å²) in [7, 11) is 0. The van der Waals surface area contributed by atoms with E-state index >= 15 is 0 Å². The molecule has 0 radical (unpaired) electrons. The predicted molar refractivity (Wildman–Crippen MR) is 107 cm³/mol. The molecule has 0 saturated heterocycles. The van der Waals surface area contributed by atoms with Gasteiger partial charge in [0.1, 0.15) is 0 Å². The van der Waals surface area contributed by atoms with Crippen molar-refractivity contribution in [2.24, 2.45) is 5.92 Å². The van der Waals surface area contributed by atoms with E-state index in [0.717, 1.165) is 17.3 Å². The zero-order valence-electron chi connectivity index (χ0n) is 13.7. The Morgan fingerprint density at radius 1 is 1.00 bits per heavy atom. The molecule has 0 fully saturated rings. The molecule has 0 spiro atoms. The Hall–Kier alpha value is -1.13. The van der Waals surface area contributed by atoms with E-state index in [-0.39, 0.29) is 6.10 Å². The van der Waals surface area contributed by atoms with Gasteiger partial charge < -0.3 is 4.74 Å². The molecule has 2 aromatic rings. The first-order chi connectivity index (χ1) is 11.2. The van der Waals surface area contributed by atoms with Gasteiger partial charge in [0.15, 0.2) is 0 Å². The zero-order chi connectivity index (χ0) is 16.5. The number of ether oxygens (including phenoxy) is 1. The minimum absolute atomic E-state index is 0.102. The van der Waals surface area contributed by atoms with Crippen LogP contribution in [-0.2, 0) is 17.8 Å². The van der Waals surface area contributed by atoms with Crippen LogP contribution >= 0.6 is 22.6 Å². The molecule has 0 heterocycles. The van der Waals surface area contributed by atoms with Crippen molar-refractivity contribution in [1.82, 2.24) is 0 Å². The highest BCUT2D eigenvalue weighted by Gasteiger charge is 2.21. The standard InChI is InChI=1S/C21H25IO/c1-17(13-14-22)21(23-16-20-11-7-4-8-12-20)18(2)15-19-9-5-3-6-10-19/h3-12,18,21H,1,13-16H2,2H3/t18-,21-/m1/s1. The molecule has 2 heteroatoms. The second-order valence-electron chi connectivity index (χ2n) is 5.98. The molecule has 0 aliphatic rings. The van der Waals surface area contributed by atoms with Crippen molar-refractivity contribution < 1.29 is 4.74 Å². The lowest BCUT2D eigenvalue weighted by Crippen LogP contribution is -2.26. The molecule has 0 saturated carbocycles. The number of hydrogen-bond acceptors (Lipinski definition) is 1. The minimum atomic E-state index is 0.102. The van der Waals surface area contributed by atoms with Crippen LogP contribution in [0, 0.1) is 5.92 Å². The van der Waals surface area contributed by atoms with Gasteiger partial charge in [-0.1, -0.05) is 96.8 Å². The van der Waals surface area contributed by atoms with E-state index < -0.39 is 0 Å². The first-order valence-corrected chi connectivity index (χ1v) is 9.66. The van der Waals surface area contributed by atoms with Gasteiger partial charge in [0, 0.05) is 4.43 Å². The Labute approximate surface area is 153 Å². The van der Waals surface area contributed by atoms with Gasteiger partial charge in [-0.25, -0.2) is 0 Å². The number of benzene rings is 2. The first kappa shape index (κ1) is 18.2. The van der Waals surface area contributed by atoms with E-state index in [1.54, 1.807) is 0 Å². The molecular formula is C21H25IO. The molecule has 1 nitrogen and oxygen atoms in total. The van der Waals surface area contributed by atoms with E-state index in [0.29, 0.717) is 12.5 Å². The van der Waals surface area contributed by atoms with Gasteiger partial charge >= 0.3 is 0 Å². The monoisotopic (exact) mass is 420 g/mol. The van der Waals surface area contributed by atoms with Crippen molar-refractivity contribution in [3.8, 4) is 0 Å². The zero-order valence-corrected chi connectivity index (χ0v) is 15.9. The Morgan fingerprint density at radius 2 is 1.57 bits per heavy atom. The molecule has 122 valence electrons. The summed E-state index contributed by atoms with van der Waals surface area (Å²) in [6.45, 7) is 7.20. The summed E-state index contributed by atoms with van der Waals surface area (Å²) in [4.78, 5) is 0. The van der Waals surface area contributed by atoms with E-state index in [1.165, 1.54) is 16.7 Å². The molecule has 0 bridgehead atoms. The van der Waals surface area contributed by atoms with Crippen LogP contribution in [0.3, 0.4) is 0 Å². The van der Waals surface area contributed by atoms with Crippen LogP contribution in [0.4, 0.5) is 0 Å². The second kappa shape index (κ2) is 9.89. The lowest BCUT2D eigenvalue weighted by Gasteiger charge is -2.26. The molecule has 0 aromatic heterocycles. The van der Waals surface area contributed by atoms with Crippen molar-refractivity contribution in [1.29, 1.82) is 0 Å². The van der Waals surface area contributed by atoms with Crippen LogP contribution in [0.5, 0.6) is 0 Å². The third kappa shape index (κ3) is 6.11. The number of hydrogen-bond donors (Lipinski definition) is 0. The molecule has 0 amide bonds. The average molecular weight is 420 g/mol. The molecule has 2 atom stereocenters. The van der Waals surface area contributed by atoms with Crippen LogP contribution in [0.2, 0.25) is 0 Å². The fraction of sp³-hybridized carbons (Fsp3) is 0.333. The number of halogens is 1. The van der Waals surface area contributed by atoms with Gasteiger partial charge in [-0.2, -0.15) is 0 Å². The van der Waals surface area contributed by atoms with E-state index in [9.17, 15) is 0 Å².